The van der Waals surface area contributed by atoms with E-state index in [2.05, 4.69) is 15.9 Å². The van der Waals surface area contributed by atoms with E-state index in [-0.39, 0.29) is 12.5 Å². The zero-order valence-electron chi connectivity index (χ0n) is 11.9. The molecule has 116 valence electrons. The molecule has 1 aliphatic heterocycles. The number of thiocarbonyl (C=S) groups is 1. The maximum absolute atomic E-state index is 12.3. The van der Waals surface area contributed by atoms with Crippen LogP contribution in [0.4, 0.5) is 0 Å². The molecule has 1 amide bonds. The van der Waals surface area contributed by atoms with E-state index in [1.165, 1.54) is 16.7 Å². The molecule has 4 nitrogen and oxygen atoms in total. The van der Waals surface area contributed by atoms with Gasteiger partial charge in [-0.1, -0.05) is 59.0 Å². The SMILES string of the molecule is CCCOC(=O)CN1C(=O)/C(=C/c2cccc(Br)c2)SC1=S. The summed E-state index contributed by atoms with van der Waals surface area (Å²) in [5, 5.41) is 0. The Morgan fingerprint density at radius 3 is 2.95 bits per heavy atom. The molecule has 0 aromatic heterocycles. The van der Waals surface area contributed by atoms with Crippen molar-refractivity contribution in [1.29, 1.82) is 0 Å². The summed E-state index contributed by atoms with van der Waals surface area (Å²) < 4.78 is 6.30. The van der Waals surface area contributed by atoms with Crippen LogP contribution in [0.5, 0.6) is 0 Å². The van der Waals surface area contributed by atoms with Gasteiger partial charge in [-0.3, -0.25) is 14.5 Å². The van der Waals surface area contributed by atoms with Crippen LogP contribution in [0.15, 0.2) is 33.6 Å². The predicted octanol–water partition coefficient (Wildman–Crippen LogP) is 3.60. The van der Waals surface area contributed by atoms with Crippen molar-refractivity contribution >= 4 is 62.2 Å². The standard InChI is InChI=1S/C15H14BrNO3S2/c1-2-6-20-13(18)9-17-14(19)12(22-15(17)21)8-10-4-3-5-11(16)7-10/h3-5,7-8H,2,6,9H2,1H3/b12-8-. The van der Waals surface area contributed by atoms with Crippen molar-refractivity contribution in [2.24, 2.45) is 0 Å². The first-order valence-corrected chi connectivity index (χ1v) is 8.69. The summed E-state index contributed by atoms with van der Waals surface area (Å²) >= 11 is 9.76. The number of benzene rings is 1. The number of carbonyl (C=O) groups excluding carboxylic acids is 2. The summed E-state index contributed by atoms with van der Waals surface area (Å²) in [7, 11) is 0. The lowest BCUT2D eigenvalue weighted by molar-refractivity contribution is -0.146. The van der Waals surface area contributed by atoms with Gasteiger partial charge in [0.1, 0.15) is 10.9 Å². The van der Waals surface area contributed by atoms with Crippen molar-refractivity contribution in [3.63, 3.8) is 0 Å². The van der Waals surface area contributed by atoms with Crippen LogP contribution in [0.2, 0.25) is 0 Å². The van der Waals surface area contributed by atoms with Gasteiger partial charge < -0.3 is 4.74 Å². The Labute approximate surface area is 147 Å². The van der Waals surface area contributed by atoms with Crippen molar-refractivity contribution in [2.45, 2.75) is 13.3 Å². The molecule has 0 aliphatic carbocycles. The molecule has 2 rings (SSSR count). The number of thioether (sulfide) groups is 1. The molecule has 22 heavy (non-hydrogen) atoms. The van der Waals surface area contributed by atoms with Gasteiger partial charge in [0, 0.05) is 4.47 Å². The number of carbonyl (C=O) groups is 2. The Morgan fingerprint density at radius 2 is 2.27 bits per heavy atom. The second-order valence-corrected chi connectivity index (χ2v) is 7.13. The Hall–Kier alpha value is -1.18. The van der Waals surface area contributed by atoms with Gasteiger partial charge >= 0.3 is 5.97 Å². The van der Waals surface area contributed by atoms with Gasteiger partial charge in [-0.2, -0.15) is 0 Å². The van der Waals surface area contributed by atoms with Gasteiger partial charge in [0.2, 0.25) is 0 Å². The normalized spacial score (nSPS) is 16.5. The molecule has 1 saturated heterocycles. The summed E-state index contributed by atoms with van der Waals surface area (Å²) in [6.45, 7) is 2.12. The molecule has 0 unspecified atom stereocenters. The minimum absolute atomic E-state index is 0.138. The summed E-state index contributed by atoms with van der Waals surface area (Å²) in [6, 6.07) is 7.60. The first kappa shape index (κ1) is 17.2. The Bertz CT molecular complexity index is 645. The molecular weight excluding hydrogens is 386 g/mol. The fraction of sp³-hybridized carbons (Fsp3) is 0.267. The monoisotopic (exact) mass is 399 g/mol. The molecule has 1 aliphatic rings. The quantitative estimate of drug-likeness (QED) is 0.429. The number of rotatable bonds is 5. The second kappa shape index (κ2) is 7.89. The maximum Gasteiger partial charge on any atom is 0.326 e. The third-order valence-corrected chi connectivity index (χ3v) is 4.65. The van der Waals surface area contributed by atoms with E-state index < -0.39 is 5.97 Å². The van der Waals surface area contributed by atoms with Gasteiger partial charge in [-0.05, 0) is 30.2 Å². The lowest BCUT2D eigenvalue weighted by atomic mass is 10.2. The lowest BCUT2D eigenvalue weighted by Crippen LogP contribution is -2.34. The summed E-state index contributed by atoms with van der Waals surface area (Å²) in [6.07, 6.45) is 2.51. The number of esters is 1. The predicted molar refractivity (Wildman–Crippen MR) is 95.3 cm³/mol. The largest absolute Gasteiger partial charge is 0.464 e. The molecule has 1 fully saturated rings. The number of hydrogen-bond acceptors (Lipinski definition) is 5. The molecule has 1 heterocycles. The summed E-state index contributed by atoms with van der Waals surface area (Å²) in [5.41, 5.74) is 0.892. The van der Waals surface area contributed by atoms with Gasteiger partial charge in [0.15, 0.2) is 0 Å². The third-order valence-electron chi connectivity index (χ3n) is 2.77. The van der Waals surface area contributed by atoms with Crippen molar-refractivity contribution in [3.05, 3.63) is 39.2 Å². The average molecular weight is 400 g/mol. The molecule has 0 saturated carbocycles. The van der Waals surface area contributed by atoms with Crippen LogP contribution in [0, 0.1) is 0 Å². The highest BCUT2D eigenvalue weighted by Gasteiger charge is 2.33. The first-order chi connectivity index (χ1) is 10.5. The van der Waals surface area contributed by atoms with Crippen LogP contribution in [0.3, 0.4) is 0 Å². The average Bonchev–Trinajstić information content (AvgIpc) is 2.73. The first-order valence-electron chi connectivity index (χ1n) is 6.68. The van der Waals surface area contributed by atoms with Crippen LogP contribution >= 0.6 is 39.9 Å². The van der Waals surface area contributed by atoms with Crippen LogP contribution < -0.4 is 0 Å². The molecule has 0 bridgehead atoms. The van der Waals surface area contributed by atoms with Crippen molar-refractivity contribution in [3.8, 4) is 0 Å². The van der Waals surface area contributed by atoms with E-state index in [0.717, 1.165) is 16.5 Å². The highest BCUT2D eigenvalue weighted by molar-refractivity contribution is 9.10. The van der Waals surface area contributed by atoms with E-state index >= 15 is 0 Å². The number of nitrogens with zero attached hydrogens (tertiary/aromatic N) is 1. The molecule has 0 spiro atoms. The zero-order valence-corrected chi connectivity index (χ0v) is 15.1. The highest BCUT2D eigenvalue weighted by atomic mass is 79.9. The summed E-state index contributed by atoms with van der Waals surface area (Å²) in [5.74, 6) is -0.703. The van der Waals surface area contributed by atoms with Crippen molar-refractivity contribution < 1.29 is 14.3 Å². The smallest absolute Gasteiger partial charge is 0.326 e. The van der Waals surface area contributed by atoms with Crippen molar-refractivity contribution in [2.75, 3.05) is 13.2 Å². The van der Waals surface area contributed by atoms with E-state index in [9.17, 15) is 9.59 Å². The number of amides is 1. The lowest BCUT2D eigenvalue weighted by Gasteiger charge is -2.13. The van der Waals surface area contributed by atoms with Crippen molar-refractivity contribution in [1.82, 2.24) is 4.90 Å². The molecule has 0 N–H and O–H groups in total. The Balaban J connectivity index is 2.10. The fourth-order valence-electron chi connectivity index (χ4n) is 1.77. The number of halogens is 1. The summed E-state index contributed by atoms with van der Waals surface area (Å²) in [4.78, 5) is 25.8. The highest BCUT2D eigenvalue weighted by Crippen LogP contribution is 2.32. The minimum Gasteiger partial charge on any atom is -0.464 e. The molecule has 7 heteroatoms. The van der Waals surface area contributed by atoms with E-state index in [1.54, 1.807) is 6.08 Å². The van der Waals surface area contributed by atoms with E-state index in [0.29, 0.717) is 15.8 Å². The Morgan fingerprint density at radius 1 is 1.50 bits per heavy atom. The van der Waals surface area contributed by atoms with Gasteiger partial charge in [0.05, 0.1) is 11.5 Å². The minimum atomic E-state index is -0.443. The molecule has 1 aromatic carbocycles. The third kappa shape index (κ3) is 4.41. The van der Waals surface area contributed by atoms with Crippen LogP contribution in [-0.4, -0.2) is 34.2 Å². The Kier molecular flexibility index (Phi) is 6.16. The van der Waals surface area contributed by atoms with Crippen LogP contribution in [0.25, 0.3) is 6.08 Å². The van der Waals surface area contributed by atoms with Gasteiger partial charge in [-0.25, -0.2) is 0 Å². The zero-order chi connectivity index (χ0) is 16.1. The molecular formula is C15H14BrNO3S2. The molecule has 0 radical (unpaired) electrons. The van der Waals surface area contributed by atoms with Crippen LogP contribution in [0.1, 0.15) is 18.9 Å². The molecule has 1 aromatic rings. The van der Waals surface area contributed by atoms with Crippen LogP contribution in [-0.2, 0) is 14.3 Å². The topological polar surface area (TPSA) is 46.6 Å². The van der Waals surface area contributed by atoms with E-state index in [1.807, 2.05) is 31.2 Å². The van der Waals surface area contributed by atoms with Gasteiger partial charge in [0.25, 0.3) is 5.91 Å². The second-order valence-electron chi connectivity index (χ2n) is 4.54. The molecule has 0 atom stereocenters. The fourth-order valence-corrected chi connectivity index (χ4v) is 3.45. The number of hydrogen-bond donors (Lipinski definition) is 0. The maximum atomic E-state index is 12.3. The number of ether oxygens (including phenoxy) is 1. The van der Waals surface area contributed by atoms with Gasteiger partial charge in [-0.15, -0.1) is 0 Å². The van der Waals surface area contributed by atoms with E-state index in [4.69, 9.17) is 17.0 Å².